The first-order valence-electron chi connectivity index (χ1n) is 4.61. The van der Waals surface area contributed by atoms with E-state index in [1.807, 2.05) is 0 Å². The van der Waals surface area contributed by atoms with Crippen molar-refractivity contribution in [1.82, 2.24) is 5.32 Å². The molecule has 0 saturated carbocycles. The highest BCUT2D eigenvalue weighted by Gasteiger charge is 2.26. The molecule has 0 aromatic carbocycles. The van der Waals surface area contributed by atoms with Crippen molar-refractivity contribution in [3.63, 3.8) is 0 Å². The zero-order valence-corrected chi connectivity index (χ0v) is 8.78. The molecule has 0 aliphatic rings. The van der Waals surface area contributed by atoms with E-state index in [0.717, 1.165) is 0 Å². The van der Waals surface area contributed by atoms with Crippen molar-refractivity contribution < 1.29 is 19.4 Å². The average molecular weight is 213 g/mol. The van der Waals surface area contributed by atoms with Crippen LogP contribution in [0.15, 0.2) is 16.7 Å². The molecule has 0 spiro atoms. The van der Waals surface area contributed by atoms with Crippen LogP contribution in [0.3, 0.4) is 0 Å². The van der Waals surface area contributed by atoms with E-state index >= 15 is 0 Å². The summed E-state index contributed by atoms with van der Waals surface area (Å²) in [6, 6.07) is 1.54. The topological polar surface area (TPSA) is 82.7 Å². The monoisotopic (exact) mass is 213 g/mol. The van der Waals surface area contributed by atoms with E-state index in [4.69, 9.17) is 14.6 Å². The van der Waals surface area contributed by atoms with Crippen molar-refractivity contribution in [1.29, 1.82) is 0 Å². The highest BCUT2D eigenvalue weighted by molar-refractivity contribution is 5.95. The minimum Gasteiger partial charge on any atom is -0.469 e. The molecule has 0 radical (unpaired) electrons. The number of furan rings is 1. The lowest BCUT2D eigenvalue weighted by molar-refractivity contribution is 0.0722. The van der Waals surface area contributed by atoms with E-state index in [2.05, 4.69) is 5.32 Å². The van der Waals surface area contributed by atoms with Gasteiger partial charge in [-0.15, -0.1) is 0 Å². The smallest absolute Gasteiger partial charge is 0.255 e. The van der Waals surface area contributed by atoms with Crippen LogP contribution in [-0.2, 0) is 0 Å². The maximum atomic E-state index is 11.7. The van der Waals surface area contributed by atoms with E-state index in [0.29, 0.717) is 11.3 Å². The molecule has 1 amide bonds. The summed E-state index contributed by atoms with van der Waals surface area (Å²) in [6.45, 7) is 2.57. The van der Waals surface area contributed by atoms with Gasteiger partial charge in [-0.2, -0.15) is 0 Å². The molecule has 0 aliphatic heterocycles. The molecule has 1 aromatic heterocycles. The third-order valence-electron chi connectivity index (χ3n) is 2.22. The summed E-state index contributed by atoms with van der Waals surface area (Å²) in [5.74, 6) is 0.137. The number of hydrogen-bond acceptors (Lipinski definition) is 4. The Bertz CT molecular complexity index is 341. The van der Waals surface area contributed by atoms with Crippen LogP contribution in [0.4, 0.5) is 0 Å². The fourth-order valence-electron chi connectivity index (χ4n) is 1.09. The van der Waals surface area contributed by atoms with Crippen LogP contribution in [0.5, 0.6) is 0 Å². The lowest BCUT2D eigenvalue weighted by atomic mass is 10.0. The summed E-state index contributed by atoms with van der Waals surface area (Å²) in [5.41, 5.74) is -0.607. The van der Waals surface area contributed by atoms with Gasteiger partial charge in [0.2, 0.25) is 0 Å². The summed E-state index contributed by atoms with van der Waals surface area (Å²) < 4.78 is 4.98. The van der Waals surface area contributed by atoms with Crippen LogP contribution in [0.1, 0.15) is 23.0 Å². The van der Waals surface area contributed by atoms with Gasteiger partial charge in [0, 0.05) is 0 Å². The SMILES string of the molecule is Cc1occc1C(=O)NC(C)(CO)CO. The largest absolute Gasteiger partial charge is 0.469 e. The molecule has 0 fully saturated rings. The van der Waals surface area contributed by atoms with Gasteiger partial charge >= 0.3 is 0 Å². The summed E-state index contributed by atoms with van der Waals surface area (Å²) in [7, 11) is 0. The summed E-state index contributed by atoms with van der Waals surface area (Å²) in [5, 5.41) is 20.5. The van der Waals surface area contributed by atoms with Crippen LogP contribution >= 0.6 is 0 Å². The highest BCUT2D eigenvalue weighted by Crippen LogP contribution is 2.10. The molecule has 5 heteroatoms. The van der Waals surface area contributed by atoms with Crippen LogP contribution in [-0.4, -0.2) is 34.9 Å². The van der Waals surface area contributed by atoms with Crippen LogP contribution in [0.2, 0.25) is 0 Å². The molecular weight excluding hydrogens is 198 g/mol. The van der Waals surface area contributed by atoms with Gasteiger partial charge in [0.15, 0.2) is 0 Å². The average Bonchev–Trinajstić information content (AvgIpc) is 2.64. The Morgan fingerprint density at radius 2 is 2.13 bits per heavy atom. The lowest BCUT2D eigenvalue weighted by Gasteiger charge is -2.25. The maximum absolute atomic E-state index is 11.7. The number of hydrogen-bond donors (Lipinski definition) is 3. The molecular formula is C10H15NO4. The first kappa shape index (κ1) is 11.7. The Kier molecular flexibility index (Phi) is 3.49. The van der Waals surface area contributed by atoms with E-state index in [1.165, 1.54) is 6.26 Å². The predicted molar refractivity (Wildman–Crippen MR) is 53.5 cm³/mol. The third-order valence-corrected chi connectivity index (χ3v) is 2.22. The Hall–Kier alpha value is -1.33. The zero-order chi connectivity index (χ0) is 11.5. The van der Waals surface area contributed by atoms with Gasteiger partial charge in [0.1, 0.15) is 5.76 Å². The van der Waals surface area contributed by atoms with Crippen LogP contribution in [0.25, 0.3) is 0 Å². The minimum absolute atomic E-state index is 0.327. The van der Waals surface area contributed by atoms with Crippen LogP contribution in [0, 0.1) is 6.92 Å². The normalized spacial score (nSPS) is 11.5. The van der Waals surface area contributed by atoms with E-state index < -0.39 is 5.54 Å². The molecule has 15 heavy (non-hydrogen) atoms. The second-order valence-corrected chi connectivity index (χ2v) is 3.72. The van der Waals surface area contributed by atoms with Gasteiger partial charge in [-0.3, -0.25) is 4.79 Å². The second-order valence-electron chi connectivity index (χ2n) is 3.72. The Balaban J connectivity index is 2.76. The Morgan fingerprint density at radius 1 is 1.53 bits per heavy atom. The number of carbonyl (C=O) groups excluding carboxylic acids is 1. The molecule has 84 valence electrons. The molecule has 1 rings (SSSR count). The molecule has 1 aromatic rings. The minimum atomic E-state index is -1.01. The Morgan fingerprint density at radius 3 is 2.53 bits per heavy atom. The molecule has 0 aliphatic carbocycles. The van der Waals surface area contributed by atoms with Gasteiger partial charge in [-0.1, -0.05) is 0 Å². The second kappa shape index (κ2) is 4.46. The summed E-state index contributed by atoms with van der Waals surface area (Å²) in [6.07, 6.45) is 1.42. The number of carbonyl (C=O) groups is 1. The fraction of sp³-hybridized carbons (Fsp3) is 0.500. The van der Waals surface area contributed by atoms with E-state index in [9.17, 15) is 4.79 Å². The number of nitrogens with one attached hydrogen (secondary N) is 1. The fourth-order valence-corrected chi connectivity index (χ4v) is 1.09. The van der Waals surface area contributed by atoms with Crippen molar-refractivity contribution in [2.75, 3.05) is 13.2 Å². The predicted octanol–water partition coefficient (Wildman–Crippen LogP) is 0.0611. The van der Waals surface area contributed by atoms with Crippen LogP contribution < -0.4 is 5.32 Å². The number of rotatable bonds is 4. The van der Waals surface area contributed by atoms with Crippen molar-refractivity contribution in [3.8, 4) is 0 Å². The summed E-state index contributed by atoms with van der Waals surface area (Å²) in [4.78, 5) is 11.7. The molecule has 0 atom stereocenters. The van der Waals surface area contributed by atoms with Gasteiger partial charge in [-0.05, 0) is 19.9 Å². The van der Waals surface area contributed by atoms with Crippen molar-refractivity contribution in [2.24, 2.45) is 0 Å². The molecule has 1 heterocycles. The molecule has 0 bridgehead atoms. The highest BCUT2D eigenvalue weighted by atomic mass is 16.3. The number of aryl methyl sites for hydroxylation is 1. The van der Waals surface area contributed by atoms with Gasteiger partial charge in [0.05, 0.1) is 30.6 Å². The molecule has 3 N–H and O–H groups in total. The maximum Gasteiger partial charge on any atom is 0.255 e. The van der Waals surface area contributed by atoms with Gasteiger partial charge < -0.3 is 19.9 Å². The van der Waals surface area contributed by atoms with Crippen molar-refractivity contribution >= 4 is 5.91 Å². The van der Waals surface area contributed by atoms with Crippen molar-refractivity contribution in [2.45, 2.75) is 19.4 Å². The molecule has 0 unspecified atom stereocenters. The van der Waals surface area contributed by atoms with Crippen molar-refractivity contribution in [3.05, 3.63) is 23.7 Å². The molecule has 0 saturated heterocycles. The number of aliphatic hydroxyl groups is 2. The van der Waals surface area contributed by atoms with E-state index in [-0.39, 0.29) is 19.1 Å². The zero-order valence-electron chi connectivity index (χ0n) is 8.78. The first-order valence-corrected chi connectivity index (χ1v) is 4.61. The molecule has 5 nitrogen and oxygen atoms in total. The van der Waals surface area contributed by atoms with E-state index in [1.54, 1.807) is 19.9 Å². The standard InChI is InChI=1S/C10H15NO4/c1-7-8(3-4-15-7)9(14)11-10(2,5-12)6-13/h3-4,12-13H,5-6H2,1-2H3,(H,11,14). The third kappa shape index (κ3) is 2.57. The summed E-state index contributed by atoms with van der Waals surface area (Å²) >= 11 is 0. The first-order chi connectivity index (χ1) is 7.02. The number of amides is 1. The van der Waals surface area contributed by atoms with Gasteiger partial charge in [0.25, 0.3) is 5.91 Å². The number of aliphatic hydroxyl groups excluding tert-OH is 2. The Labute approximate surface area is 87.7 Å². The lowest BCUT2D eigenvalue weighted by Crippen LogP contribution is -2.51. The quantitative estimate of drug-likeness (QED) is 0.660. The van der Waals surface area contributed by atoms with Gasteiger partial charge in [-0.25, -0.2) is 0 Å².